The molecule has 2 aliphatic rings. The van der Waals surface area contributed by atoms with Gasteiger partial charge in [0.2, 0.25) is 11.9 Å². The predicted octanol–water partition coefficient (Wildman–Crippen LogP) is 2.67. The zero-order valence-corrected chi connectivity index (χ0v) is 17.4. The van der Waals surface area contributed by atoms with E-state index in [1.807, 2.05) is 38.1 Å². The molecule has 2 aromatic rings. The number of nitrogens with zero attached hydrogens (tertiary/aromatic N) is 4. The Morgan fingerprint density at radius 3 is 2.60 bits per heavy atom. The summed E-state index contributed by atoms with van der Waals surface area (Å²) in [5, 5.41) is 2.87. The minimum absolute atomic E-state index is 0.0316. The van der Waals surface area contributed by atoms with E-state index in [1.54, 1.807) is 17.3 Å². The van der Waals surface area contributed by atoms with Crippen molar-refractivity contribution in [3.05, 3.63) is 47.8 Å². The van der Waals surface area contributed by atoms with Gasteiger partial charge in [-0.1, -0.05) is 18.2 Å². The molecule has 0 spiro atoms. The van der Waals surface area contributed by atoms with Gasteiger partial charge in [-0.05, 0) is 38.3 Å². The van der Waals surface area contributed by atoms with Gasteiger partial charge < -0.3 is 15.0 Å². The maximum atomic E-state index is 12.4. The number of hydrogen-bond donors (Lipinski definition) is 1. The van der Waals surface area contributed by atoms with Crippen LogP contribution in [0.3, 0.4) is 0 Å². The van der Waals surface area contributed by atoms with Crippen molar-refractivity contribution in [3.63, 3.8) is 0 Å². The first-order chi connectivity index (χ1) is 14.5. The molecule has 2 amide bonds. The van der Waals surface area contributed by atoms with Gasteiger partial charge in [0.25, 0.3) is 0 Å². The minimum atomic E-state index is -0.271. The van der Waals surface area contributed by atoms with Crippen LogP contribution >= 0.6 is 0 Å². The number of aromatic nitrogens is 2. The molecule has 8 nitrogen and oxygen atoms in total. The lowest BCUT2D eigenvalue weighted by molar-refractivity contribution is -0.120. The number of nitrogens with one attached hydrogen (secondary N) is 1. The highest BCUT2D eigenvalue weighted by Crippen LogP contribution is 2.32. The molecular weight excluding hydrogens is 382 g/mol. The summed E-state index contributed by atoms with van der Waals surface area (Å²) >= 11 is 0. The van der Waals surface area contributed by atoms with E-state index in [-0.39, 0.29) is 30.5 Å². The lowest BCUT2D eigenvalue weighted by Gasteiger charge is -2.40. The third-order valence-electron chi connectivity index (χ3n) is 5.42. The highest BCUT2D eigenvalue weighted by Gasteiger charge is 2.34. The summed E-state index contributed by atoms with van der Waals surface area (Å²) in [4.78, 5) is 37.1. The smallest absolute Gasteiger partial charge is 0.414 e. The summed E-state index contributed by atoms with van der Waals surface area (Å²) in [5.74, 6) is 0.624. The number of amides is 2. The van der Waals surface area contributed by atoms with Crippen molar-refractivity contribution in [2.24, 2.45) is 0 Å². The molecule has 2 aliphatic heterocycles. The van der Waals surface area contributed by atoms with E-state index in [1.165, 1.54) is 0 Å². The van der Waals surface area contributed by atoms with Crippen LogP contribution in [0, 0.1) is 0 Å². The van der Waals surface area contributed by atoms with Gasteiger partial charge in [0.05, 0.1) is 12.1 Å². The second kappa shape index (κ2) is 8.69. The van der Waals surface area contributed by atoms with Crippen molar-refractivity contribution >= 4 is 23.6 Å². The molecule has 1 aromatic carbocycles. The number of rotatable bonds is 5. The molecule has 0 aliphatic carbocycles. The lowest BCUT2D eigenvalue weighted by Crippen LogP contribution is -2.49. The van der Waals surface area contributed by atoms with Crippen LogP contribution in [0.1, 0.15) is 37.8 Å². The van der Waals surface area contributed by atoms with Gasteiger partial charge in [-0.15, -0.1) is 0 Å². The molecule has 8 heteroatoms. The second-order valence-electron chi connectivity index (χ2n) is 8.06. The Morgan fingerprint density at radius 1 is 1.20 bits per heavy atom. The van der Waals surface area contributed by atoms with Gasteiger partial charge in [0, 0.05) is 43.1 Å². The molecule has 0 bridgehead atoms. The molecule has 0 saturated carbocycles. The molecule has 1 saturated heterocycles. The Kier molecular flexibility index (Phi) is 5.83. The molecule has 1 fully saturated rings. The number of hydrogen-bond acceptors (Lipinski definition) is 6. The maximum absolute atomic E-state index is 12.4. The topological polar surface area (TPSA) is 87.7 Å². The van der Waals surface area contributed by atoms with Crippen LogP contribution in [0.4, 0.5) is 16.4 Å². The number of para-hydroxylation sites is 1. The van der Waals surface area contributed by atoms with Gasteiger partial charge in [-0.3, -0.25) is 9.69 Å². The standard InChI is InChI=1S/C22H27N5O3/c1-15(2)25-20(28)11-16-12-23-21(24-13-16)26-9-7-18(8-10-26)27-19-6-4-3-5-17(19)14-30-22(27)29/h3-6,12-13,15,18H,7-11,14H2,1-2H3,(H,25,28). The Hall–Kier alpha value is -3.16. The van der Waals surface area contributed by atoms with Gasteiger partial charge in [-0.2, -0.15) is 0 Å². The van der Waals surface area contributed by atoms with E-state index in [0.717, 1.165) is 42.7 Å². The fourth-order valence-electron chi connectivity index (χ4n) is 4.01. The van der Waals surface area contributed by atoms with Crippen LogP contribution in [0.5, 0.6) is 0 Å². The molecule has 1 N–H and O–H groups in total. The quantitative estimate of drug-likeness (QED) is 0.817. The first-order valence-corrected chi connectivity index (χ1v) is 10.4. The minimum Gasteiger partial charge on any atom is -0.444 e. The summed E-state index contributed by atoms with van der Waals surface area (Å²) in [7, 11) is 0. The third kappa shape index (κ3) is 4.37. The van der Waals surface area contributed by atoms with Crippen LogP contribution in [-0.2, 0) is 22.6 Å². The maximum Gasteiger partial charge on any atom is 0.414 e. The van der Waals surface area contributed by atoms with E-state index in [0.29, 0.717) is 12.6 Å². The molecule has 0 unspecified atom stereocenters. The van der Waals surface area contributed by atoms with E-state index in [2.05, 4.69) is 20.2 Å². The number of cyclic esters (lactones) is 1. The van der Waals surface area contributed by atoms with Crippen molar-refractivity contribution < 1.29 is 14.3 Å². The Labute approximate surface area is 176 Å². The van der Waals surface area contributed by atoms with Crippen LogP contribution in [-0.4, -0.2) is 47.1 Å². The van der Waals surface area contributed by atoms with E-state index >= 15 is 0 Å². The zero-order chi connectivity index (χ0) is 21.1. The lowest BCUT2D eigenvalue weighted by atomic mass is 10.0. The molecule has 0 atom stereocenters. The molecule has 1 aromatic heterocycles. The number of piperidine rings is 1. The molecule has 158 valence electrons. The fourth-order valence-corrected chi connectivity index (χ4v) is 4.01. The Bertz CT molecular complexity index is 907. The molecule has 4 rings (SSSR count). The highest BCUT2D eigenvalue weighted by atomic mass is 16.6. The van der Waals surface area contributed by atoms with Gasteiger partial charge in [-0.25, -0.2) is 14.8 Å². The van der Waals surface area contributed by atoms with Crippen LogP contribution in [0.2, 0.25) is 0 Å². The second-order valence-corrected chi connectivity index (χ2v) is 8.06. The summed E-state index contributed by atoms with van der Waals surface area (Å²) < 4.78 is 5.37. The van der Waals surface area contributed by atoms with E-state index in [9.17, 15) is 9.59 Å². The molecule has 0 radical (unpaired) electrons. The summed E-state index contributed by atoms with van der Waals surface area (Å²) in [5.41, 5.74) is 2.78. The van der Waals surface area contributed by atoms with Crippen LogP contribution in [0.25, 0.3) is 0 Å². The van der Waals surface area contributed by atoms with Crippen molar-refractivity contribution in [1.29, 1.82) is 0 Å². The normalized spacial score (nSPS) is 17.0. The first-order valence-electron chi connectivity index (χ1n) is 10.4. The van der Waals surface area contributed by atoms with Crippen molar-refractivity contribution in [2.45, 2.75) is 51.8 Å². The first kappa shape index (κ1) is 20.1. The SMILES string of the molecule is CC(C)NC(=O)Cc1cnc(N2CCC(N3C(=O)OCc4ccccc43)CC2)nc1. The average molecular weight is 409 g/mol. The number of carbonyl (C=O) groups is 2. The number of anilines is 2. The molecular formula is C22H27N5O3. The number of fused-ring (bicyclic) bond motifs is 1. The van der Waals surface area contributed by atoms with E-state index < -0.39 is 0 Å². The molecule has 30 heavy (non-hydrogen) atoms. The summed E-state index contributed by atoms with van der Waals surface area (Å²) in [6.45, 7) is 5.71. The van der Waals surface area contributed by atoms with Crippen molar-refractivity contribution in [3.8, 4) is 0 Å². The number of carbonyl (C=O) groups excluding carboxylic acids is 2. The Balaban J connectivity index is 1.37. The highest BCUT2D eigenvalue weighted by molar-refractivity contribution is 5.91. The summed E-state index contributed by atoms with van der Waals surface area (Å²) in [6.07, 6.45) is 5.06. The van der Waals surface area contributed by atoms with Crippen molar-refractivity contribution in [1.82, 2.24) is 15.3 Å². The number of benzene rings is 1. The third-order valence-corrected chi connectivity index (χ3v) is 5.42. The number of ether oxygens (including phenoxy) is 1. The van der Waals surface area contributed by atoms with Crippen LogP contribution in [0.15, 0.2) is 36.7 Å². The largest absolute Gasteiger partial charge is 0.444 e. The predicted molar refractivity (Wildman–Crippen MR) is 113 cm³/mol. The fraction of sp³-hybridized carbons (Fsp3) is 0.455. The van der Waals surface area contributed by atoms with Gasteiger partial charge >= 0.3 is 6.09 Å². The zero-order valence-electron chi connectivity index (χ0n) is 17.4. The van der Waals surface area contributed by atoms with Gasteiger partial charge in [0.15, 0.2) is 0 Å². The average Bonchev–Trinajstić information content (AvgIpc) is 2.74. The monoisotopic (exact) mass is 409 g/mol. The van der Waals surface area contributed by atoms with E-state index in [4.69, 9.17) is 4.74 Å². The van der Waals surface area contributed by atoms with Crippen LogP contribution < -0.4 is 15.1 Å². The van der Waals surface area contributed by atoms with Gasteiger partial charge in [0.1, 0.15) is 6.61 Å². The Morgan fingerprint density at radius 2 is 1.90 bits per heavy atom. The van der Waals surface area contributed by atoms with Crippen molar-refractivity contribution in [2.75, 3.05) is 22.9 Å². The summed E-state index contributed by atoms with van der Waals surface area (Å²) in [6, 6.07) is 8.11. The molecule has 3 heterocycles.